The average molecular weight is 421 g/mol. The van der Waals surface area contributed by atoms with E-state index >= 15 is 0 Å². The maximum Gasteiger partial charge on any atom is 0.251 e. The van der Waals surface area contributed by atoms with Gasteiger partial charge in [-0.25, -0.2) is 0 Å². The predicted octanol–water partition coefficient (Wildman–Crippen LogP) is 3.32. The summed E-state index contributed by atoms with van der Waals surface area (Å²) in [6.07, 6.45) is 4.46. The van der Waals surface area contributed by atoms with Gasteiger partial charge >= 0.3 is 0 Å². The standard InChI is InChI=1S/C26H32N2O3/c29-22-8-4-7-20(13-22)26-11-12-28(16-18-9-10-18)17-23(26)24(30)14-21(15-26)27-25(31)19-5-2-1-3-6-19/h1-8,13,18,21,23-24,29-30H,9-12,14-17H2,(H,27,31)/t21-,23?,24?,26?/m1/s1. The zero-order valence-corrected chi connectivity index (χ0v) is 17.9. The predicted molar refractivity (Wildman–Crippen MR) is 120 cm³/mol. The molecule has 3 fully saturated rings. The van der Waals surface area contributed by atoms with Crippen LogP contribution in [0.1, 0.15) is 48.0 Å². The molecule has 31 heavy (non-hydrogen) atoms. The lowest BCUT2D eigenvalue weighted by molar-refractivity contribution is -0.0482. The number of fused-ring (bicyclic) bond motifs is 1. The van der Waals surface area contributed by atoms with E-state index in [1.54, 1.807) is 6.07 Å². The highest BCUT2D eigenvalue weighted by Crippen LogP contribution is 2.50. The minimum Gasteiger partial charge on any atom is -0.508 e. The summed E-state index contributed by atoms with van der Waals surface area (Å²) in [6.45, 7) is 3.01. The fraction of sp³-hybridized carbons (Fsp3) is 0.500. The molecule has 2 aromatic carbocycles. The molecule has 0 spiro atoms. The van der Waals surface area contributed by atoms with Gasteiger partial charge in [0.25, 0.3) is 5.91 Å². The summed E-state index contributed by atoms with van der Waals surface area (Å²) in [6, 6.07) is 16.7. The number of hydrogen-bond acceptors (Lipinski definition) is 4. The number of carbonyl (C=O) groups is 1. The minimum absolute atomic E-state index is 0.0894. The summed E-state index contributed by atoms with van der Waals surface area (Å²) in [5.74, 6) is 1.10. The Morgan fingerprint density at radius 3 is 2.68 bits per heavy atom. The Morgan fingerprint density at radius 2 is 1.94 bits per heavy atom. The van der Waals surface area contributed by atoms with Crippen molar-refractivity contribution in [3.63, 3.8) is 0 Å². The first kappa shape index (κ1) is 20.5. The monoisotopic (exact) mass is 420 g/mol. The third-order valence-electron chi connectivity index (χ3n) is 7.65. The maximum atomic E-state index is 12.8. The number of benzene rings is 2. The van der Waals surface area contributed by atoms with Crippen LogP contribution in [0.4, 0.5) is 0 Å². The first-order chi connectivity index (χ1) is 15.0. The summed E-state index contributed by atoms with van der Waals surface area (Å²) in [5, 5.41) is 24.7. The molecule has 1 amide bonds. The van der Waals surface area contributed by atoms with Gasteiger partial charge in [-0.3, -0.25) is 4.79 Å². The number of phenolic OH excluding ortho intramolecular Hbond substituents is 1. The molecule has 3 aliphatic rings. The van der Waals surface area contributed by atoms with Gasteiger partial charge in [-0.1, -0.05) is 30.3 Å². The number of aliphatic hydroxyl groups is 1. The van der Waals surface area contributed by atoms with Crippen molar-refractivity contribution in [2.45, 2.75) is 49.7 Å². The molecular formula is C26H32N2O3. The summed E-state index contributed by atoms with van der Waals surface area (Å²) in [5.41, 5.74) is 1.48. The number of amides is 1. The minimum atomic E-state index is -0.487. The lowest BCUT2D eigenvalue weighted by Crippen LogP contribution is -2.61. The second-order valence-corrected chi connectivity index (χ2v) is 9.81. The first-order valence-corrected chi connectivity index (χ1v) is 11.6. The average Bonchev–Trinajstić information content (AvgIpc) is 3.59. The molecule has 4 atom stereocenters. The maximum absolute atomic E-state index is 12.8. The number of hydrogen-bond donors (Lipinski definition) is 3. The van der Waals surface area contributed by atoms with Crippen LogP contribution in [0.25, 0.3) is 0 Å². The van der Waals surface area contributed by atoms with Crippen LogP contribution in [0.3, 0.4) is 0 Å². The third kappa shape index (κ3) is 4.21. The quantitative estimate of drug-likeness (QED) is 0.694. The van der Waals surface area contributed by atoms with Crippen LogP contribution in [-0.2, 0) is 5.41 Å². The number of aliphatic hydroxyl groups excluding tert-OH is 1. The summed E-state index contributed by atoms with van der Waals surface area (Å²) < 4.78 is 0. The van der Waals surface area contributed by atoms with E-state index in [4.69, 9.17) is 0 Å². The van der Waals surface area contributed by atoms with Crippen molar-refractivity contribution in [3.8, 4) is 5.75 Å². The second-order valence-electron chi connectivity index (χ2n) is 9.81. The number of nitrogens with one attached hydrogen (secondary N) is 1. The smallest absolute Gasteiger partial charge is 0.251 e. The van der Waals surface area contributed by atoms with Crippen molar-refractivity contribution in [1.82, 2.24) is 10.2 Å². The number of likely N-dealkylation sites (tertiary alicyclic amines) is 1. The second kappa shape index (κ2) is 8.29. The first-order valence-electron chi connectivity index (χ1n) is 11.6. The largest absolute Gasteiger partial charge is 0.508 e. The van der Waals surface area contributed by atoms with Crippen molar-refractivity contribution in [3.05, 3.63) is 65.7 Å². The Labute approximate surface area is 184 Å². The van der Waals surface area contributed by atoms with Gasteiger partial charge in [-0.2, -0.15) is 0 Å². The van der Waals surface area contributed by atoms with Crippen LogP contribution in [0.2, 0.25) is 0 Å². The zero-order chi connectivity index (χ0) is 21.4. The summed E-state index contributed by atoms with van der Waals surface area (Å²) in [4.78, 5) is 15.3. The molecule has 0 aromatic heterocycles. The highest BCUT2D eigenvalue weighted by atomic mass is 16.3. The highest BCUT2D eigenvalue weighted by molar-refractivity contribution is 5.94. The van der Waals surface area contributed by atoms with E-state index in [2.05, 4.69) is 16.3 Å². The van der Waals surface area contributed by atoms with Gasteiger partial charge in [0, 0.05) is 36.0 Å². The molecule has 1 aliphatic heterocycles. The molecule has 5 rings (SSSR count). The van der Waals surface area contributed by atoms with Crippen LogP contribution in [-0.4, -0.2) is 52.8 Å². The molecule has 2 aromatic rings. The summed E-state index contributed by atoms with van der Waals surface area (Å²) >= 11 is 0. The van der Waals surface area contributed by atoms with Crippen molar-refractivity contribution < 1.29 is 15.0 Å². The fourth-order valence-electron chi connectivity index (χ4n) is 5.90. The zero-order valence-electron chi connectivity index (χ0n) is 17.9. The third-order valence-corrected chi connectivity index (χ3v) is 7.65. The Kier molecular flexibility index (Phi) is 5.49. The topological polar surface area (TPSA) is 72.8 Å². The Hall–Kier alpha value is -2.37. The Bertz CT molecular complexity index is 929. The molecule has 3 unspecified atom stereocenters. The number of piperidine rings is 1. The Balaban J connectivity index is 1.41. The number of carbonyl (C=O) groups excluding carboxylic acids is 1. The molecule has 0 bridgehead atoms. The van der Waals surface area contributed by atoms with Gasteiger partial charge in [-0.05, 0) is 74.4 Å². The van der Waals surface area contributed by atoms with E-state index in [0.717, 1.165) is 44.0 Å². The molecule has 5 nitrogen and oxygen atoms in total. The van der Waals surface area contributed by atoms with Gasteiger partial charge < -0.3 is 20.4 Å². The highest BCUT2D eigenvalue weighted by Gasteiger charge is 2.52. The number of rotatable bonds is 5. The van der Waals surface area contributed by atoms with Crippen LogP contribution in [0, 0.1) is 11.8 Å². The van der Waals surface area contributed by atoms with Gasteiger partial charge in [0.15, 0.2) is 0 Å². The van der Waals surface area contributed by atoms with E-state index in [-0.39, 0.29) is 29.0 Å². The van der Waals surface area contributed by atoms with Crippen molar-refractivity contribution in [1.29, 1.82) is 0 Å². The molecular weight excluding hydrogens is 388 g/mol. The SMILES string of the molecule is O=C(N[C@@H]1CC(O)C2CN(CC3CC3)CCC2(c2cccc(O)c2)C1)c1ccccc1. The van der Waals surface area contributed by atoms with E-state index in [1.807, 2.05) is 42.5 Å². The number of nitrogens with zero attached hydrogens (tertiary/aromatic N) is 1. The summed E-state index contributed by atoms with van der Waals surface area (Å²) in [7, 11) is 0. The number of aromatic hydroxyl groups is 1. The van der Waals surface area contributed by atoms with Gasteiger partial charge in [-0.15, -0.1) is 0 Å². The molecule has 1 saturated heterocycles. The normalized spacial score (nSPS) is 31.1. The van der Waals surface area contributed by atoms with E-state index in [9.17, 15) is 15.0 Å². The van der Waals surface area contributed by atoms with Crippen molar-refractivity contribution in [2.75, 3.05) is 19.6 Å². The molecule has 5 heteroatoms. The molecule has 0 radical (unpaired) electrons. The van der Waals surface area contributed by atoms with Crippen LogP contribution in [0.15, 0.2) is 54.6 Å². The van der Waals surface area contributed by atoms with E-state index in [1.165, 1.54) is 12.8 Å². The lowest BCUT2D eigenvalue weighted by atomic mass is 9.57. The van der Waals surface area contributed by atoms with Gasteiger partial charge in [0.1, 0.15) is 5.75 Å². The van der Waals surface area contributed by atoms with Crippen LogP contribution >= 0.6 is 0 Å². The molecule has 2 saturated carbocycles. The van der Waals surface area contributed by atoms with Crippen LogP contribution < -0.4 is 5.32 Å². The van der Waals surface area contributed by atoms with Gasteiger partial charge in [0.05, 0.1) is 6.10 Å². The van der Waals surface area contributed by atoms with Gasteiger partial charge in [0.2, 0.25) is 0 Å². The molecule has 3 N–H and O–H groups in total. The fourth-order valence-corrected chi connectivity index (χ4v) is 5.90. The lowest BCUT2D eigenvalue weighted by Gasteiger charge is -2.55. The molecule has 2 aliphatic carbocycles. The Morgan fingerprint density at radius 1 is 1.13 bits per heavy atom. The van der Waals surface area contributed by atoms with E-state index in [0.29, 0.717) is 12.0 Å². The van der Waals surface area contributed by atoms with E-state index < -0.39 is 6.10 Å². The van der Waals surface area contributed by atoms with Crippen LogP contribution in [0.5, 0.6) is 5.75 Å². The molecule has 164 valence electrons. The number of phenols is 1. The van der Waals surface area contributed by atoms with Crippen molar-refractivity contribution >= 4 is 5.91 Å². The van der Waals surface area contributed by atoms with Crippen molar-refractivity contribution in [2.24, 2.45) is 11.8 Å². The molecule has 1 heterocycles.